The summed E-state index contributed by atoms with van der Waals surface area (Å²) in [4.78, 5) is 11.7. The lowest BCUT2D eigenvalue weighted by molar-refractivity contribution is 0.0600. The number of aryl methyl sites for hydroxylation is 2. The monoisotopic (exact) mass is 244 g/mol. The van der Waals surface area contributed by atoms with Crippen LogP contribution < -0.4 is 4.74 Å². The molecule has 0 aliphatic heterocycles. The Morgan fingerprint density at radius 2 is 1.83 bits per heavy atom. The van der Waals surface area contributed by atoms with Crippen LogP contribution in [0.5, 0.6) is 5.75 Å². The molecule has 2 rings (SSSR count). The number of ether oxygens (including phenoxy) is 2. The smallest absolute Gasteiger partial charge is 0.338 e. The maximum absolute atomic E-state index is 11.7. The van der Waals surface area contributed by atoms with Crippen molar-refractivity contribution in [1.82, 2.24) is 0 Å². The normalized spacial score (nSPS) is 10.4. The van der Waals surface area contributed by atoms with Crippen LogP contribution in [0, 0.1) is 13.8 Å². The van der Waals surface area contributed by atoms with Gasteiger partial charge in [0.05, 0.1) is 19.8 Å². The summed E-state index contributed by atoms with van der Waals surface area (Å²) in [7, 11) is 3.02. The Balaban J connectivity index is 2.80. The summed E-state index contributed by atoms with van der Waals surface area (Å²) in [5, 5.41) is 2.03. The van der Waals surface area contributed by atoms with E-state index in [-0.39, 0.29) is 5.97 Å². The van der Waals surface area contributed by atoms with Gasteiger partial charge in [0.2, 0.25) is 0 Å². The van der Waals surface area contributed by atoms with Crippen molar-refractivity contribution in [2.45, 2.75) is 13.8 Å². The highest BCUT2D eigenvalue weighted by Gasteiger charge is 2.14. The van der Waals surface area contributed by atoms with Gasteiger partial charge in [0.1, 0.15) is 5.75 Å². The molecule has 2 aromatic rings. The Hall–Kier alpha value is -2.03. The van der Waals surface area contributed by atoms with E-state index in [0.717, 1.165) is 27.6 Å². The fourth-order valence-corrected chi connectivity index (χ4v) is 2.24. The van der Waals surface area contributed by atoms with Gasteiger partial charge in [-0.05, 0) is 42.5 Å². The number of hydrogen-bond acceptors (Lipinski definition) is 3. The van der Waals surface area contributed by atoms with E-state index in [1.807, 2.05) is 26.0 Å². The predicted molar refractivity (Wildman–Crippen MR) is 71.3 cm³/mol. The Morgan fingerprint density at radius 3 is 2.44 bits per heavy atom. The Kier molecular flexibility index (Phi) is 3.24. The van der Waals surface area contributed by atoms with Gasteiger partial charge in [-0.3, -0.25) is 0 Å². The van der Waals surface area contributed by atoms with Crippen molar-refractivity contribution in [3.8, 4) is 5.75 Å². The fourth-order valence-electron chi connectivity index (χ4n) is 2.24. The molecule has 2 aromatic carbocycles. The van der Waals surface area contributed by atoms with Crippen molar-refractivity contribution in [2.24, 2.45) is 0 Å². The molecular formula is C15H16O3. The molecule has 0 bridgehead atoms. The van der Waals surface area contributed by atoms with Gasteiger partial charge in [0, 0.05) is 5.39 Å². The van der Waals surface area contributed by atoms with Gasteiger partial charge in [-0.1, -0.05) is 12.1 Å². The van der Waals surface area contributed by atoms with Gasteiger partial charge in [-0.2, -0.15) is 0 Å². The van der Waals surface area contributed by atoms with Crippen LogP contribution in [0.2, 0.25) is 0 Å². The van der Waals surface area contributed by atoms with Gasteiger partial charge >= 0.3 is 5.97 Å². The molecule has 94 valence electrons. The number of rotatable bonds is 2. The largest absolute Gasteiger partial charge is 0.496 e. The number of hydrogen-bond donors (Lipinski definition) is 0. The predicted octanol–water partition coefficient (Wildman–Crippen LogP) is 3.25. The highest BCUT2D eigenvalue weighted by molar-refractivity contribution is 6.01. The number of carbonyl (C=O) groups is 1. The van der Waals surface area contributed by atoms with Gasteiger partial charge in [-0.25, -0.2) is 4.79 Å². The molecule has 0 aliphatic carbocycles. The van der Waals surface area contributed by atoms with E-state index in [1.54, 1.807) is 13.2 Å². The van der Waals surface area contributed by atoms with E-state index in [4.69, 9.17) is 9.47 Å². The standard InChI is InChI=1S/C15H16O3/c1-9-7-11-5-6-12(15(16)18-4)10(2)14(11)13(8-9)17-3/h5-8H,1-4H3. The number of carbonyl (C=O) groups excluding carboxylic acids is 1. The van der Waals surface area contributed by atoms with Crippen LogP contribution in [-0.4, -0.2) is 20.2 Å². The third-order valence-corrected chi connectivity index (χ3v) is 3.11. The molecule has 0 saturated heterocycles. The topological polar surface area (TPSA) is 35.5 Å². The molecule has 0 saturated carbocycles. The Labute approximate surface area is 106 Å². The summed E-state index contributed by atoms with van der Waals surface area (Å²) < 4.78 is 10.2. The molecule has 0 aromatic heterocycles. The zero-order valence-electron chi connectivity index (χ0n) is 11.0. The third kappa shape index (κ3) is 1.92. The summed E-state index contributed by atoms with van der Waals surface area (Å²) in [5.74, 6) is 0.463. The minimum Gasteiger partial charge on any atom is -0.496 e. The molecule has 18 heavy (non-hydrogen) atoms. The number of fused-ring (bicyclic) bond motifs is 1. The second kappa shape index (κ2) is 4.69. The Morgan fingerprint density at radius 1 is 1.11 bits per heavy atom. The van der Waals surface area contributed by atoms with Crippen LogP contribution in [0.15, 0.2) is 24.3 Å². The molecule has 0 aliphatic rings. The lowest BCUT2D eigenvalue weighted by atomic mass is 9.98. The second-order valence-electron chi connectivity index (χ2n) is 4.29. The zero-order chi connectivity index (χ0) is 13.3. The number of benzene rings is 2. The first-order valence-corrected chi connectivity index (χ1v) is 5.74. The van der Waals surface area contributed by atoms with Crippen molar-refractivity contribution in [3.63, 3.8) is 0 Å². The molecule has 3 heteroatoms. The summed E-state index contributed by atoms with van der Waals surface area (Å²) in [6.45, 7) is 3.93. The van der Waals surface area contributed by atoms with Gasteiger partial charge in [0.25, 0.3) is 0 Å². The average molecular weight is 244 g/mol. The lowest BCUT2D eigenvalue weighted by Crippen LogP contribution is -2.04. The average Bonchev–Trinajstić information content (AvgIpc) is 2.37. The maximum atomic E-state index is 11.7. The lowest BCUT2D eigenvalue weighted by Gasteiger charge is -2.12. The van der Waals surface area contributed by atoms with Crippen LogP contribution in [0.4, 0.5) is 0 Å². The van der Waals surface area contributed by atoms with Crippen LogP contribution in [-0.2, 0) is 4.74 Å². The van der Waals surface area contributed by atoms with Crippen molar-refractivity contribution >= 4 is 16.7 Å². The number of methoxy groups -OCH3 is 2. The van der Waals surface area contributed by atoms with Crippen molar-refractivity contribution in [3.05, 3.63) is 41.0 Å². The minimum absolute atomic E-state index is 0.322. The molecule has 0 amide bonds. The molecule has 0 fully saturated rings. The SMILES string of the molecule is COC(=O)c1ccc2cc(C)cc(OC)c2c1C. The van der Waals surface area contributed by atoms with Crippen molar-refractivity contribution in [1.29, 1.82) is 0 Å². The first kappa shape index (κ1) is 12.4. The summed E-state index contributed by atoms with van der Waals surface area (Å²) >= 11 is 0. The minimum atomic E-state index is -0.322. The molecule has 0 radical (unpaired) electrons. The second-order valence-corrected chi connectivity index (χ2v) is 4.29. The molecule has 0 N–H and O–H groups in total. The van der Waals surface area contributed by atoms with Gasteiger partial charge in [-0.15, -0.1) is 0 Å². The molecule has 3 nitrogen and oxygen atoms in total. The first-order valence-electron chi connectivity index (χ1n) is 5.74. The van der Waals surface area contributed by atoms with Crippen LogP contribution in [0.25, 0.3) is 10.8 Å². The van der Waals surface area contributed by atoms with E-state index >= 15 is 0 Å². The van der Waals surface area contributed by atoms with E-state index < -0.39 is 0 Å². The highest BCUT2D eigenvalue weighted by Crippen LogP contribution is 2.32. The first-order chi connectivity index (χ1) is 8.58. The molecule has 0 heterocycles. The Bertz CT molecular complexity index is 615. The third-order valence-electron chi connectivity index (χ3n) is 3.11. The van der Waals surface area contributed by atoms with Crippen LogP contribution >= 0.6 is 0 Å². The van der Waals surface area contributed by atoms with E-state index in [0.29, 0.717) is 5.56 Å². The van der Waals surface area contributed by atoms with Crippen molar-refractivity contribution in [2.75, 3.05) is 14.2 Å². The van der Waals surface area contributed by atoms with E-state index in [1.165, 1.54) is 7.11 Å². The summed E-state index contributed by atoms with van der Waals surface area (Å²) in [6.07, 6.45) is 0. The van der Waals surface area contributed by atoms with Crippen molar-refractivity contribution < 1.29 is 14.3 Å². The fraction of sp³-hybridized carbons (Fsp3) is 0.267. The summed E-state index contributed by atoms with van der Waals surface area (Å²) in [5.41, 5.74) is 2.59. The molecule has 0 spiro atoms. The zero-order valence-corrected chi connectivity index (χ0v) is 11.0. The van der Waals surface area contributed by atoms with Crippen LogP contribution in [0.3, 0.4) is 0 Å². The van der Waals surface area contributed by atoms with Gasteiger partial charge < -0.3 is 9.47 Å². The quantitative estimate of drug-likeness (QED) is 0.761. The molecule has 0 unspecified atom stereocenters. The molecular weight excluding hydrogens is 228 g/mol. The maximum Gasteiger partial charge on any atom is 0.338 e. The number of esters is 1. The highest BCUT2D eigenvalue weighted by atomic mass is 16.5. The van der Waals surface area contributed by atoms with Gasteiger partial charge in [0.15, 0.2) is 0 Å². The van der Waals surface area contributed by atoms with E-state index in [9.17, 15) is 4.79 Å². The van der Waals surface area contributed by atoms with Crippen LogP contribution in [0.1, 0.15) is 21.5 Å². The molecule has 0 atom stereocenters. The van der Waals surface area contributed by atoms with E-state index in [2.05, 4.69) is 6.07 Å². The summed E-state index contributed by atoms with van der Waals surface area (Å²) in [6, 6.07) is 7.76.